The van der Waals surface area contributed by atoms with E-state index in [1.165, 1.54) is 10.5 Å². The van der Waals surface area contributed by atoms with Crippen LogP contribution >= 0.6 is 11.8 Å². The number of hydrogen-bond acceptors (Lipinski definition) is 4. The Morgan fingerprint density at radius 1 is 1.21 bits per heavy atom. The topological polar surface area (TPSA) is 38.1 Å². The molecule has 1 aromatic carbocycles. The van der Waals surface area contributed by atoms with E-state index in [1.54, 1.807) is 35.8 Å². The van der Waals surface area contributed by atoms with Gasteiger partial charge in [-0.2, -0.15) is 0 Å². The Morgan fingerprint density at radius 3 is 2.71 bits per heavy atom. The highest BCUT2D eigenvalue weighted by molar-refractivity contribution is 7.98. The number of pyridine rings is 2. The Hall–Kier alpha value is -2.11. The minimum Gasteiger partial charge on any atom is -0.317 e. The number of aromatic nitrogens is 2. The lowest BCUT2D eigenvalue weighted by molar-refractivity contribution is 0.399. The van der Waals surface area contributed by atoms with Gasteiger partial charge in [0, 0.05) is 42.6 Å². The number of aryl methyl sites for hydroxylation is 1. The molecule has 0 saturated carbocycles. The van der Waals surface area contributed by atoms with Crippen LogP contribution in [0.5, 0.6) is 0 Å². The van der Waals surface area contributed by atoms with E-state index in [0.29, 0.717) is 5.39 Å². The lowest BCUT2D eigenvalue weighted by atomic mass is 10.0. The molecule has 0 radical (unpaired) electrons. The minimum atomic E-state index is -0.0174. The highest BCUT2D eigenvalue weighted by Gasteiger charge is 2.11. The molecule has 0 spiro atoms. The van der Waals surface area contributed by atoms with Crippen LogP contribution in [0.3, 0.4) is 0 Å². The molecule has 0 N–H and O–H groups in total. The summed E-state index contributed by atoms with van der Waals surface area (Å²) < 4.78 is 1.63. The van der Waals surface area contributed by atoms with E-state index in [-0.39, 0.29) is 5.56 Å². The molecular weight excluding hydrogens is 318 g/mol. The number of hydrogen-bond donors (Lipinski definition) is 0. The number of rotatable bonds is 4. The fraction of sp³-hybridized carbons (Fsp3) is 0.263. The van der Waals surface area contributed by atoms with Crippen LogP contribution in [0.15, 0.2) is 52.5 Å². The molecule has 4 nitrogen and oxygen atoms in total. The fourth-order valence-corrected chi connectivity index (χ4v) is 3.56. The maximum Gasteiger partial charge on any atom is 0.259 e. The summed E-state index contributed by atoms with van der Waals surface area (Å²) in [5, 5.41) is 1.60. The largest absolute Gasteiger partial charge is 0.317 e. The van der Waals surface area contributed by atoms with Crippen molar-refractivity contribution in [2.75, 3.05) is 20.4 Å². The van der Waals surface area contributed by atoms with Crippen molar-refractivity contribution >= 4 is 22.5 Å². The fourth-order valence-electron chi connectivity index (χ4n) is 2.93. The lowest BCUT2D eigenvalue weighted by Crippen LogP contribution is -2.16. The van der Waals surface area contributed by atoms with E-state index in [2.05, 4.69) is 48.4 Å². The number of nitrogens with zero attached hydrogens (tertiary/aromatic N) is 3. The molecule has 0 aliphatic carbocycles. The molecule has 0 unspecified atom stereocenters. The molecule has 3 aromatic rings. The van der Waals surface area contributed by atoms with Gasteiger partial charge in [0.2, 0.25) is 0 Å². The van der Waals surface area contributed by atoms with Crippen molar-refractivity contribution in [2.24, 2.45) is 7.05 Å². The molecule has 5 heteroatoms. The van der Waals surface area contributed by atoms with Gasteiger partial charge in [-0.25, -0.2) is 0 Å². The van der Waals surface area contributed by atoms with Crippen LogP contribution < -0.4 is 5.56 Å². The Kier molecular flexibility index (Phi) is 4.73. The Labute approximate surface area is 146 Å². The van der Waals surface area contributed by atoms with Gasteiger partial charge < -0.3 is 9.47 Å². The van der Waals surface area contributed by atoms with Gasteiger partial charge in [-0.3, -0.25) is 9.78 Å². The van der Waals surface area contributed by atoms with Crippen LogP contribution in [-0.4, -0.2) is 34.8 Å². The first-order valence-electron chi connectivity index (χ1n) is 7.76. The molecule has 0 aliphatic rings. The van der Waals surface area contributed by atoms with Crippen molar-refractivity contribution in [3.8, 4) is 11.1 Å². The van der Waals surface area contributed by atoms with Gasteiger partial charge in [0.25, 0.3) is 5.56 Å². The molecule has 3 rings (SSSR count). The summed E-state index contributed by atoms with van der Waals surface area (Å²) in [6, 6.07) is 8.44. The van der Waals surface area contributed by atoms with Crippen LogP contribution in [0.4, 0.5) is 0 Å². The van der Waals surface area contributed by atoms with Gasteiger partial charge in [0.15, 0.2) is 0 Å². The zero-order valence-electron chi connectivity index (χ0n) is 14.4. The van der Waals surface area contributed by atoms with Gasteiger partial charge >= 0.3 is 0 Å². The molecule has 2 heterocycles. The van der Waals surface area contributed by atoms with E-state index < -0.39 is 0 Å². The van der Waals surface area contributed by atoms with Crippen molar-refractivity contribution in [3.05, 3.63) is 58.8 Å². The number of thioether (sulfide) groups is 1. The van der Waals surface area contributed by atoms with Gasteiger partial charge in [-0.05, 0) is 49.0 Å². The van der Waals surface area contributed by atoms with Crippen LogP contribution in [0.25, 0.3) is 21.9 Å². The maximum absolute atomic E-state index is 12.3. The second-order valence-electron chi connectivity index (χ2n) is 6.14. The first-order chi connectivity index (χ1) is 11.5. The minimum absolute atomic E-state index is 0.0174. The summed E-state index contributed by atoms with van der Waals surface area (Å²) in [6.07, 6.45) is 7.40. The molecule has 0 fully saturated rings. The average molecular weight is 339 g/mol. The highest BCUT2D eigenvalue weighted by atomic mass is 32.2. The van der Waals surface area contributed by atoms with Gasteiger partial charge in [-0.15, -0.1) is 11.8 Å². The lowest BCUT2D eigenvalue weighted by Gasteiger charge is -2.15. The molecule has 2 aromatic heterocycles. The zero-order valence-corrected chi connectivity index (χ0v) is 15.2. The van der Waals surface area contributed by atoms with Crippen molar-refractivity contribution < 1.29 is 0 Å². The highest BCUT2D eigenvalue weighted by Crippen LogP contribution is 2.31. The SMILES string of the molecule is CSc1cc(-c2cn(C)c(=O)c3cnccc23)ccc1CN(C)C. The smallest absolute Gasteiger partial charge is 0.259 e. The average Bonchev–Trinajstić information content (AvgIpc) is 2.58. The summed E-state index contributed by atoms with van der Waals surface area (Å²) in [5.74, 6) is 0. The number of fused-ring (bicyclic) bond motifs is 1. The van der Waals surface area contributed by atoms with Crippen molar-refractivity contribution in [3.63, 3.8) is 0 Å². The Balaban J connectivity index is 2.21. The zero-order chi connectivity index (χ0) is 17.3. The Bertz CT molecular complexity index is 947. The predicted molar refractivity (Wildman–Crippen MR) is 102 cm³/mol. The third-order valence-corrected chi connectivity index (χ3v) is 4.89. The third kappa shape index (κ3) is 3.09. The molecule has 0 bridgehead atoms. The van der Waals surface area contributed by atoms with E-state index in [1.807, 2.05) is 12.3 Å². The van der Waals surface area contributed by atoms with Crippen LogP contribution in [0.1, 0.15) is 5.56 Å². The summed E-state index contributed by atoms with van der Waals surface area (Å²) in [4.78, 5) is 19.9. The monoisotopic (exact) mass is 339 g/mol. The maximum atomic E-state index is 12.3. The normalized spacial score (nSPS) is 11.4. The van der Waals surface area contributed by atoms with Crippen molar-refractivity contribution in [1.82, 2.24) is 14.5 Å². The van der Waals surface area contributed by atoms with Gasteiger partial charge in [0.05, 0.1) is 5.39 Å². The summed E-state index contributed by atoms with van der Waals surface area (Å²) >= 11 is 1.75. The van der Waals surface area contributed by atoms with E-state index >= 15 is 0 Å². The Morgan fingerprint density at radius 2 is 2.00 bits per heavy atom. The standard InChI is InChI=1S/C19H21N3OS/c1-21(2)11-14-6-5-13(9-18(14)24-4)17-12-22(3)19(23)16-10-20-8-7-15(16)17/h5-10,12H,11H2,1-4H3. The molecule has 24 heavy (non-hydrogen) atoms. The molecule has 0 saturated heterocycles. The van der Waals surface area contributed by atoms with Crippen molar-refractivity contribution in [2.45, 2.75) is 11.4 Å². The molecule has 0 aliphatic heterocycles. The van der Waals surface area contributed by atoms with E-state index in [9.17, 15) is 4.79 Å². The first kappa shape index (κ1) is 16.7. The van der Waals surface area contributed by atoms with Gasteiger partial charge in [-0.1, -0.05) is 12.1 Å². The van der Waals surface area contributed by atoms with Crippen LogP contribution in [0.2, 0.25) is 0 Å². The summed E-state index contributed by atoms with van der Waals surface area (Å²) in [6.45, 7) is 0.911. The molecule has 0 atom stereocenters. The second kappa shape index (κ2) is 6.79. The summed E-state index contributed by atoms with van der Waals surface area (Å²) in [5.41, 5.74) is 3.47. The third-order valence-electron chi connectivity index (χ3n) is 4.07. The number of benzene rings is 1. The molecular formula is C19H21N3OS. The molecule has 0 amide bonds. The van der Waals surface area contributed by atoms with Crippen LogP contribution in [0, 0.1) is 0 Å². The first-order valence-corrected chi connectivity index (χ1v) is 8.99. The second-order valence-corrected chi connectivity index (χ2v) is 6.99. The quantitative estimate of drug-likeness (QED) is 0.683. The van der Waals surface area contributed by atoms with E-state index in [0.717, 1.165) is 23.1 Å². The summed E-state index contributed by atoms with van der Waals surface area (Å²) in [7, 11) is 5.94. The molecule has 124 valence electrons. The van der Waals surface area contributed by atoms with Crippen molar-refractivity contribution in [1.29, 1.82) is 0 Å². The van der Waals surface area contributed by atoms with Gasteiger partial charge in [0.1, 0.15) is 0 Å². The van der Waals surface area contributed by atoms with E-state index in [4.69, 9.17) is 0 Å². The predicted octanol–water partition coefficient (Wildman–Crippen LogP) is 3.38. The van der Waals surface area contributed by atoms with Crippen LogP contribution in [-0.2, 0) is 13.6 Å².